The third-order valence-electron chi connectivity index (χ3n) is 3.24. The minimum absolute atomic E-state index is 0.00374. The number of carbonyl (C=O) groups is 2. The van der Waals surface area contributed by atoms with E-state index in [1.54, 1.807) is 0 Å². The lowest BCUT2D eigenvalue weighted by atomic mass is 10.2. The lowest BCUT2D eigenvalue weighted by Crippen LogP contribution is -2.39. The Bertz CT molecular complexity index is 647. The van der Waals surface area contributed by atoms with Crippen LogP contribution in [0, 0.1) is 0 Å². The van der Waals surface area contributed by atoms with Crippen molar-refractivity contribution < 1.29 is 19.1 Å². The summed E-state index contributed by atoms with van der Waals surface area (Å²) in [7, 11) is 0. The molecule has 2 aromatic carbocycles. The number of carbonyl (C=O) groups excluding carboxylic acids is 2. The Labute approximate surface area is 140 Å². The average molecular weight is 328 g/mol. The molecular formula is C18H20N2O4. The maximum atomic E-state index is 11.7. The largest absolute Gasteiger partial charge is 0.461 e. The first-order chi connectivity index (χ1) is 11.6. The summed E-state index contributed by atoms with van der Waals surface area (Å²) in [5.74, 6) is 5.16. The Hall–Kier alpha value is -2.86. The molecule has 6 nitrogen and oxygen atoms in total. The number of hydrogen-bond donors (Lipinski definition) is 1. The molecule has 0 heterocycles. The Kier molecular flexibility index (Phi) is 6.79. The van der Waals surface area contributed by atoms with Gasteiger partial charge in [-0.25, -0.2) is 15.6 Å². The Balaban J connectivity index is 1.65. The lowest BCUT2D eigenvalue weighted by Gasteiger charge is -2.16. The number of nitrogens with two attached hydrogens (primary N) is 1. The molecule has 0 bridgehead atoms. The fraction of sp³-hybridized carbons (Fsp3) is 0.222. The van der Waals surface area contributed by atoms with Crippen LogP contribution in [0.1, 0.15) is 17.5 Å². The van der Waals surface area contributed by atoms with E-state index in [9.17, 15) is 9.59 Å². The number of nitrogens with zero attached hydrogens (tertiary/aromatic N) is 1. The van der Waals surface area contributed by atoms with Crippen LogP contribution < -0.4 is 5.84 Å². The van der Waals surface area contributed by atoms with Gasteiger partial charge in [0.2, 0.25) is 0 Å². The first-order valence-corrected chi connectivity index (χ1v) is 7.57. The molecule has 0 radical (unpaired) electrons. The molecule has 2 N–H and O–H groups in total. The summed E-state index contributed by atoms with van der Waals surface area (Å²) in [5, 5.41) is 0.868. The van der Waals surface area contributed by atoms with Gasteiger partial charge in [-0.1, -0.05) is 60.7 Å². The normalized spacial score (nSPS) is 10.0. The predicted molar refractivity (Wildman–Crippen MR) is 88.4 cm³/mol. The van der Waals surface area contributed by atoms with E-state index >= 15 is 0 Å². The van der Waals surface area contributed by atoms with E-state index in [1.165, 1.54) is 0 Å². The van der Waals surface area contributed by atoms with Crippen LogP contribution in [0.5, 0.6) is 0 Å². The SMILES string of the molecule is NN(CCC(=O)OCc1ccccc1)C(=O)OCc1ccccc1. The number of hydrogen-bond acceptors (Lipinski definition) is 5. The minimum Gasteiger partial charge on any atom is -0.461 e. The molecule has 0 spiro atoms. The van der Waals surface area contributed by atoms with Gasteiger partial charge in [0, 0.05) is 0 Å². The molecule has 0 unspecified atom stereocenters. The van der Waals surface area contributed by atoms with Crippen LogP contribution in [-0.4, -0.2) is 23.6 Å². The quantitative estimate of drug-likeness (QED) is 0.366. The average Bonchev–Trinajstić information content (AvgIpc) is 2.64. The summed E-state index contributed by atoms with van der Waals surface area (Å²) in [4.78, 5) is 23.4. The molecule has 1 amide bonds. The second-order valence-electron chi connectivity index (χ2n) is 5.13. The molecule has 0 saturated carbocycles. The molecule has 2 rings (SSSR count). The Morgan fingerprint density at radius 1 is 0.833 bits per heavy atom. The molecule has 6 heteroatoms. The standard InChI is InChI=1S/C18H20N2O4/c19-20(18(22)24-14-16-9-5-2-6-10-16)12-11-17(21)23-13-15-7-3-1-4-8-15/h1-10H,11-14,19H2. The number of benzene rings is 2. The zero-order chi connectivity index (χ0) is 17.2. The summed E-state index contributed by atoms with van der Waals surface area (Å²) >= 11 is 0. The van der Waals surface area contributed by atoms with E-state index in [0.29, 0.717) is 0 Å². The van der Waals surface area contributed by atoms with Crippen molar-refractivity contribution in [2.24, 2.45) is 5.84 Å². The maximum Gasteiger partial charge on any atom is 0.424 e. The van der Waals surface area contributed by atoms with Crippen LogP contribution >= 0.6 is 0 Å². The van der Waals surface area contributed by atoms with Gasteiger partial charge in [-0.2, -0.15) is 0 Å². The molecule has 2 aromatic rings. The zero-order valence-corrected chi connectivity index (χ0v) is 13.3. The van der Waals surface area contributed by atoms with Crippen molar-refractivity contribution in [2.45, 2.75) is 19.6 Å². The number of esters is 1. The molecule has 126 valence electrons. The van der Waals surface area contributed by atoms with Crippen molar-refractivity contribution in [3.8, 4) is 0 Å². The van der Waals surface area contributed by atoms with Crippen LogP contribution in [0.15, 0.2) is 60.7 Å². The molecule has 0 atom stereocenters. The molecule has 0 aromatic heterocycles. The summed E-state index contributed by atoms with van der Waals surface area (Å²) < 4.78 is 10.2. The van der Waals surface area contributed by atoms with E-state index in [4.69, 9.17) is 15.3 Å². The topological polar surface area (TPSA) is 81.9 Å². The van der Waals surface area contributed by atoms with Crippen molar-refractivity contribution in [1.82, 2.24) is 5.01 Å². The summed E-state index contributed by atoms with van der Waals surface area (Å²) in [6, 6.07) is 18.6. The van der Waals surface area contributed by atoms with Crippen LogP contribution in [0.25, 0.3) is 0 Å². The van der Waals surface area contributed by atoms with Crippen LogP contribution in [0.2, 0.25) is 0 Å². The summed E-state index contributed by atoms with van der Waals surface area (Å²) in [6.45, 7) is 0.357. The smallest absolute Gasteiger partial charge is 0.424 e. The third-order valence-corrected chi connectivity index (χ3v) is 3.24. The number of ether oxygens (including phenoxy) is 2. The third kappa shape index (κ3) is 6.10. The molecular weight excluding hydrogens is 308 g/mol. The number of amides is 1. The molecule has 0 aliphatic carbocycles. The molecule has 0 aliphatic heterocycles. The zero-order valence-electron chi connectivity index (χ0n) is 13.3. The van der Waals surface area contributed by atoms with Crippen LogP contribution in [0.4, 0.5) is 4.79 Å². The van der Waals surface area contributed by atoms with E-state index < -0.39 is 12.1 Å². The van der Waals surface area contributed by atoms with Gasteiger partial charge in [0.1, 0.15) is 13.2 Å². The van der Waals surface area contributed by atoms with Crippen molar-refractivity contribution in [2.75, 3.05) is 6.54 Å². The molecule has 24 heavy (non-hydrogen) atoms. The molecule has 0 aliphatic rings. The second-order valence-corrected chi connectivity index (χ2v) is 5.13. The van der Waals surface area contributed by atoms with Crippen molar-refractivity contribution in [3.63, 3.8) is 0 Å². The number of hydrazine groups is 1. The highest BCUT2D eigenvalue weighted by atomic mass is 16.6. The Morgan fingerprint density at radius 3 is 1.88 bits per heavy atom. The highest BCUT2D eigenvalue weighted by molar-refractivity contribution is 5.71. The van der Waals surface area contributed by atoms with Crippen molar-refractivity contribution in [3.05, 3.63) is 71.8 Å². The van der Waals surface area contributed by atoms with E-state index in [1.807, 2.05) is 60.7 Å². The van der Waals surface area contributed by atoms with E-state index in [0.717, 1.165) is 16.1 Å². The fourth-order valence-corrected chi connectivity index (χ4v) is 1.92. The first kappa shape index (κ1) is 17.5. The van der Waals surface area contributed by atoms with Gasteiger partial charge in [-0.15, -0.1) is 0 Å². The summed E-state index contributed by atoms with van der Waals surface area (Å²) in [5.41, 5.74) is 1.76. The van der Waals surface area contributed by atoms with Gasteiger partial charge in [-0.05, 0) is 11.1 Å². The van der Waals surface area contributed by atoms with Gasteiger partial charge >= 0.3 is 12.1 Å². The van der Waals surface area contributed by atoms with Gasteiger partial charge < -0.3 is 9.47 Å². The summed E-state index contributed by atoms with van der Waals surface area (Å²) in [6.07, 6.45) is -0.682. The maximum absolute atomic E-state index is 11.7. The van der Waals surface area contributed by atoms with Crippen LogP contribution in [-0.2, 0) is 27.5 Å². The highest BCUT2D eigenvalue weighted by Crippen LogP contribution is 2.04. The monoisotopic (exact) mass is 328 g/mol. The fourth-order valence-electron chi connectivity index (χ4n) is 1.92. The van der Waals surface area contributed by atoms with Gasteiger partial charge in [0.25, 0.3) is 0 Å². The Morgan fingerprint density at radius 2 is 1.33 bits per heavy atom. The highest BCUT2D eigenvalue weighted by Gasteiger charge is 2.13. The van der Waals surface area contributed by atoms with Gasteiger partial charge in [-0.3, -0.25) is 4.79 Å². The number of rotatable bonds is 7. The molecule has 0 fully saturated rings. The first-order valence-electron chi connectivity index (χ1n) is 7.57. The predicted octanol–water partition coefficient (Wildman–Crippen LogP) is 2.63. The van der Waals surface area contributed by atoms with Crippen molar-refractivity contribution >= 4 is 12.1 Å². The van der Waals surface area contributed by atoms with E-state index in [-0.39, 0.29) is 26.2 Å². The van der Waals surface area contributed by atoms with Gasteiger partial charge in [0.05, 0.1) is 13.0 Å². The minimum atomic E-state index is -0.685. The van der Waals surface area contributed by atoms with E-state index in [2.05, 4.69) is 0 Å². The second kappa shape index (κ2) is 9.32. The van der Waals surface area contributed by atoms with Crippen molar-refractivity contribution in [1.29, 1.82) is 0 Å². The van der Waals surface area contributed by atoms with Gasteiger partial charge in [0.15, 0.2) is 0 Å². The lowest BCUT2D eigenvalue weighted by molar-refractivity contribution is -0.145. The van der Waals surface area contributed by atoms with Crippen LogP contribution in [0.3, 0.4) is 0 Å². The molecule has 0 saturated heterocycles.